The van der Waals surface area contributed by atoms with E-state index < -0.39 is 5.60 Å². The van der Waals surface area contributed by atoms with Crippen LogP contribution in [0.15, 0.2) is 48.7 Å². The van der Waals surface area contributed by atoms with E-state index in [0.717, 1.165) is 63.2 Å². The maximum absolute atomic E-state index is 11.9. The topological polar surface area (TPSA) is 69.4 Å². The van der Waals surface area contributed by atoms with Crippen molar-refractivity contribution in [3.8, 4) is 11.8 Å². The van der Waals surface area contributed by atoms with Crippen LogP contribution in [0, 0.1) is 23.2 Å². The van der Waals surface area contributed by atoms with Crippen molar-refractivity contribution in [3.63, 3.8) is 0 Å². The molecule has 5 nitrogen and oxygen atoms in total. The van der Waals surface area contributed by atoms with Gasteiger partial charge in [0.25, 0.3) is 0 Å². The summed E-state index contributed by atoms with van der Waals surface area (Å²) in [5, 5.41) is 20.8. The van der Waals surface area contributed by atoms with Gasteiger partial charge in [-0.1, -0.05) is 18.9 Å². The normalized spacial score (nSPS) is 20.3. The van der Waals surface area contributed by atoms with Crippen LogP contribution in [0.3, 0.4) is 0 Å². The van der Waals surface area contributed by atoms with Crippen molar-refractivity contribution in [1.29, 1.82) is 5.26 Å². The predicted octanol–water partition coefficient (Wildman–Crippen LogP) is 4.51. The summed E-state index contributed by atoms with van der Waals surface area (Å²) in [5.41, 5.74) is 0.734. The number of nitriles is 1. The van der Waals surface area contributed by atoms with Crippen molar-refractivity contribution in [1.82, 2.24) is 9.88 Å². The highest BCUT2D eigenvalue weighted by atomic mass is 16.5. The van der Waals surface area contributed by atoms with E-state index in [1.165, 1.54) is 12.8 Å². The number of ether oxygens (including phenoxy) is 1. The van der Waals surface area contributed by atoms with Crippen LogP contribution in [0.2, 0.25) is 0 Å². The van der Waals surface area contributed by atoms with E-state index in [-0.39, 0.29) is 5.92 Å². The second-order valence-corrected chi connectivity index (χ2v) is 8.98. The second-order valence-electron chi connectivity index (χ2n) is 8.98. The summed E-state index contributed by atoms with van der Waals surface area (Å²) in [6, 6.07) is 15.4. The average molecular weight is 420 g/mol. The Labute approximate surface area is 185 Å². The minimum atomic E-state index is -0.789. The van der Waals surface area contributed by atoms with Gasteiger partial charge >= 0.3 is 0 Å². The molecule has 5 heteroatoms. The van der Waals surface area contributed by atoms with Crippen LogP contribution in [-0.4, -0.2) is 41.2 Å². The van der Waals surface area contributed by atoms with Gasteiger partial charge in [0.15, 0.2) is 0 Å². The lowest BCUT2D eigenvalue weighted by molar-refractivity contribution is -0.0965. The zero-order valence-corrected chi connectivity index (χ0v) is 18.2. The van der Waals surface area contributed by atoms with E-state index in [0.29, 0.717) is 18.1 Å². The third-order valence-electron chi connectivity index (χ3n) is 7.13. The van der Waals surface area contributed by atoms with Gasteiger partial charge in [-0.2, -0.15) is 5.26 Å². The molecule has 2 aromatic rings. The van der Waals surface area contributed by atoms with E-state index in [9.17, 15) is 5.11 Å². The average Bonchev–Trinajstić information content (AvgIpc) is 3.38. The molecule has 1 atom stereocenters. The third-order valence-corrected chi connectivity index (χ3v) is 7.13. The minimum absolute atomic E-state index is 0.275. The van der Waals surface area contributed by atoms with Crippen LogP contribution in [0.5, 0.6) is 5.75 Å². The number of pyridine rings is 1. The molecule has 0 radical (unpaired) electrons. The highest BCUT2D eigenvalue weighted by Gasteiger charge is 2.47. The summed E-state index contributed by atoms with van der Waals surface area (Å²) in [6.45, 7) is 3.72. The number of aromatic nitrogens is 1. The third kappa shape index (κ3) is 5.08. The van der Waals surface area contributed by atoms with Crippen molar-refractivity contribution in [2.75, 3.05) is 26.2 Å². The zero-order chi connectivity index (χ0) is 21.5. The summed E-state index contributed by atoms with van der Waals surface area (Å²) in [4.78, 5) is 7.08. The summed E-state index contributed by atoms with van der Waals surface area (Å²) in [7, 11) is 0. The molecule has 1 aliphatic carbocycles. The zero-order valence-electron chi connectivity index (χ0n) is 18.2. The van der Waals surface area contributed by atoms with E-state index in [4.69, 9.17) is 10.00 Å². The first-order valence-corrected chi connectivity index (χ1v) is 11.7. The number of likely N-dealkylation sites (tertiary alicyclic amines) is 1. The lowest BCUT2D eigenvalue weighted by atomic mass is 9.70. The monoisotopic (exact) mass is 419 g/mol. The molecular weight excluding hydrogens is 386 g/mol. The van der Waals surface area contributed by atoms with E-state index in [2.05, 4.69) is 16.0 Å². The van der Waals surface area contributed by atoms with Gasteiger partial charge in [0, 0.05) is 12.7 Å². The van der Waals surface area contributed by atoms with Crippen LogP contribution in [0.1, 0.15) is 56.2 Å². The molecule has 0 amide bonds. The minimum Gasteiger partial charge on any atom is -0.494 e. The molecule has 1 aromatic heterocycles. The lowest BCUT2D eigenvalue weighted by Gasteiger charge is -2.44. The molecule has 0 unspecified atom stereocenters. The number of hydrogen-bond donors (Lipinski definition) is 1. The first-order valence-electron chi connectivity index (χ1n) is 11.7. The number of rotatable bonds is 8. The molecule has 1 aromatic carbocycles. The molecule has 4 rings (SSSR count). The maximum atomic E-state index is 11.9. The van der Waals surface area contributed by atoms with E-state index in [1.54, 1.807) is 12.1 Å². The van der Waals surface area contributed by atoms with Gasteiger partial charge in [0.05, 0.1) is 23.9 Å². The molecule has 2 heterocycles. The summed E-state index contributed by atoms with van der Waals surface area (Å²) in [6.07, 6.45) is 9.48. The van der Waals surface area contributed by atoms with Crippen LogP contribution < -0.4 is 4.74 Å². The number of nitrogens with zero attached hydrogens (tertiary/aromatic N) is 3. The van der Waals surface area contributed by atoms with Gasteiger partial charge in [-0.15, -0.1) is 0 Å². The van der Waals surface area contributed by atoms with Crippen LogP contribution >= 0.6 is 0 Å². The summed E-state index contributed by atoms with van der Waals surface area (Å²) >= 11 is 0. The van der Waals surface area contributed by atoms with Crippen LogP contribution in [0.25, 0.3) is 0 Å². The van der Waals surface area contributed by atoms with Gasteiger partial charge in [-0.25, -0.2) is 0 Å². The van der Waals surface area contributed by atoms with Gasteiger partial charge in [-0.3, -0.25) is 4.98 Å². The first-order chi connectivity index (χ1) is 15.2. The second kappa shape index (κ2) is 10.3. The molecular formula is C26H33N3O2. The summed E-state index contributed by atoms with van der Waals surface area (Å²) in [5.74, 6) is 1.42. The quantitative estimate of drug-likeness (QED) is 0.638. The first kappa shape index (κ1) is 21.8. The van der Waals surface area contributed by atoms with Gasteiger partial charge in [0.1, 0.15) is 11.4 Å². The Hall–Kier alpha value is -2.42. The molecule has 164 valence electrons. The Morgan fingerprint density at radius 1 is 1.03 bits per heavy atom. The van der Waals surface area contributed by atoms with Gasteiger partial charge in [0.2, 0.25) is 0 Å². The fourth-order valence-corrected chi connectivity index (χ4v) is 5.42. The Bertz CT molecular complexity index is 850. The Balaban J connectivity index is 1.27. The smallest absolute Gasteiger partial charge is 0.119 e. The fraction of sp³-hybridized carbons (Fsp3) is 0.538. The molecule has 0 bridgehead atoms. The van der Waals surface area contributed by atoms with E-state index in [1.807, 2.05) is 36.5 Å². The number of aliphatic hydroxyl groups is 1. The largest absolute Gasteiger partial charge is 0.494 e. The molecule has 2 aliphatic rings. The number of piperidine rings is 1. The molecule has 0 spiro atoms. The predicted molar refractivity (Wildman–Crippen MR) is 121 cm³/mol. The van der Waals surface area contributed by atoms with Gasteiger partial charge < -0.3 is 14.7 Å². The van der Waals surface area contributed by atoms with Crippen molar-refractivity contribution < 1.29 is 9.84 Å². The van der Waals surface area contributed by atoms with Crippen LogP contribution in [0.4, 0.5) is 0 Å². The maximum Gasteiger partial charge on any atom is 0.119 e. The van der Waals surface area contributed by atoms with Gasteiger partial charge in [-0.05, 0) is 93.4 Å². The summed E-state index contributed by atoms with van der Waals surface area (Å²) < 4.78 is 5.81. The fourth-order valence-electron chi connectivity index (χ4n) is 5.42. The molecule has 31 heavy (non-hydrogen) atoms. The number of benzene rings is 1. The highest BCUT2D eigenvalue weighted by molar-refractivity contribution is 5.34. The highest BCUT2D eigenvalue weighted by Crippen LogP contribution is 2.47. The van der Waals surface area contributed by atoms with Crippen molar-refractivity contribution in [2.45, 2.75) is 50.5 Å². The number of hydrogen-bond acceptors (Lipinski definition) is 5. The Kier molecular flexibility index (Phi) is 7.21. The standard InChI is InChI=1S/C26H33N3O2/c27-20-21-9-11-24(12-10-21)31-19-5-16-29-17-13-23(14-18-29)26(30,22-6-1-2-7-22)25-8-3-4-15-28-25/h3-4,8-12,15,22-23,30H,1-2,5-7,13-14,16-19H2/t26-/m1/s1. The van der Waals surface area contributed by atoms with Crippen molar-refractivity contribution in [3.05, 3.63) is 59.9 Å². The van der Waals surface area contributed by atoms with Crippen molar-refractivity contribution >= 4 is 0 Å². The molecule has 1 N–H and O–H groups in total. The molecule has 1 aliphatic heterocycles. The lowest BCUT2D eigenvalue weighted by Crippen LogP contribution is -2.47. The SMILES string of the molecule is N#Cc1ccc(OCCCN2CCC([C@@](O)(c3ccccn3)C3CCCC3)CC2)cc1. The van der Waals surface area contributed by atoms with E-state index >= 15 is 0 Å². The molecule has 2 fully saturated rings. The van der Waals surface area contributed by atoms with Crippen molar-refractivity contribution in [2.24, 2.45) is 11.8 Å². The van der Waals surface area contributed by atoms with Crippen LogP contribution in [-0.2, 0) is 5.60 Å². The Morgan fingerprint density at radius 2 is 1.74 bits per heavy atom. The molecule has 1 saturated carbocycles. The molecule has 1 saturated heterocycles. The Morgan fingerprint density at radius 3 is 2.39 bits per heavy atom.